The number of ether oxygens (including phenoxy) is 1. The molecule has 1 atom stereocenters. The zero-order chi connectivity index (χ0) is 20.3. The fraction of sp³-hybridized carbons (Fsp3) is 0.316. The van der Waals surface area contributed by atoms with Gasteiger partial charge in [0.2, 0.25) is 0 Å². The minimum absolute atomic E-state index is 0.0666. The van der Waals surface area contributed by atoms with E-state index in [2.05, 4.69) is 5.32 Å². The molecule has 7 nitrogen and oxygen atoms in total. The molecule has 0 aromatic heterocycles. The molecule has 8 heteroatoms. The molecule has 27 heavy (non-hydrogen) atoms. The molecular formula is C19H26N2O5S. The van der Waals surface area contributed by atoms with Crippen molar-refractivity contribution in [1.82, 2.24) is 5.32 Å². The Morgan fingerprint density at radius 1 is 1.15 bits per heavy atom. The Morgan fingerprint density at radius 2 is 1.74 bits per heavy atom. The lowest BCUT2D eigenvalue weighted by Crippen LogP contribution is -2.41. The van der Waals surface area contributed by atoms with E-state index in [1.165, 1.54) is 12.1 Å². The Balaban J connectivity index is 0.000000289. The van der Waals surface area contributed by atoms with Crippen molar-refractivity contribution in [1.29, 1.82) is 0 Å². The third kappa shape index (κ3) is 9.74. The maximum Gasteiger partial charge on any atom is 0.408 e. The van der Waals surface area contributed by atoms with Gasteiger partial charge in [-0.2, -0.15) is 8.42 Å². The zero-order valence-corrected chi connectivity index (χ0v) is 16.3. The van der Waals surface area contributed by atoms with Crippen molar-refractivity contribution in [2.75, 3.05) is 0 Å². The monoisotopic (exact) mass is 394 g/mol. The first-order chi connectivity index (χ1) is 12.7. The number of nitrogens with two attached hydrogens (primary N) is 1. The normalized spacial score (nSPS) is 11.7. The van der Waals surface area contributed by atoms with Crippen LogP contribution < -0.4 is 11.1 Å². The van der Waals surface area contributed by atoms with Crippen molar-refractivity contribution in [3.8, 4) is 0 Å². The quantitative estimate of drug-likeness (QED) is 0.511. The van der Waals surface area contributed by atoms with Gasteiger partial charge in [0.15, 0.2) is 0 Å². The van der Waals surface area contributed by atoms with Gasteiger partial charge in [-0.05, 0) is 31.0 Å². The maximum absolute atomic E-state index is 11.3. The third-order valence-corrected chi connectivity index (χ3v) is 4.30. The first kappa shape index (κ1) is 22.6. The highest BCUT2D eigenvalue weighted by atomic mass is 32.2. The summed E-state index contributed by atoms with van der Waals surface area (Å²) in [4.78, 5) is 11.2. The largest absolute Gasteiger partial charge is 0.445 e. The lowest BCUT2D eigenvalue weighted by molar-refractivity contribution is 0.135. The Bertz CT molecular complexity index is 793. The van der Waals surface area contributed by atoms with E-state index in [-0.39, 0.29) is 17.7 Å². The van der Waals surface area contributed by atoms with Crippen LogP contribution in [0.2, 0.25) is 0 Å². The molecule has 2 aromatic rings. The molecule has 2 aromatic carbocycles. The average molecular weight is 394 g/mol. The van der Waals surface area contributed by atoms with E-state index in [0.717, 1.165) is 24.0 Å². The molecule has 148 valence electrons. The van der Waals surface area contributed by atoms with Gasteiger partial charge in [0.05, 0.1) is 11.1 Å². The average Bonchev–Trinajstić information content (AvgIpc) is 2.61. The van der Waals surface area contributed by atoms with Gasteiger partial charge in [0, 0.05) is 0 Å². The van der Waals surface area contributed by atoms with Crippen LogP contribution >= 0.6 is 0 Å². The van der Waals surface area contributed by atoms with Gasteiger partial charge < -0.3 is 15.8 Å². The molecule has 0 fully saturated rings. The molecule has 0 aliphatic rings. The first-order valence-corrected chi connectivity index (χ1v) is 9.93. The molecule has 0 heterocycles. The summed E-state index contributed by atoms with van der Waals surface area (Å²) in [5.41, 5.74) is 7.56. The van der Waals surface area contributed by atoms with E-state index in [4.69, 9.17) is 15.0 Å². The second-order valence-electron chi connectivity index (χ2n) is 5.89. The van der Waals surface area contributed by atoms with Crippen LogP contribution in [-0.4, -0.2) is 25.2 Å². The summed E-state index contributed by atoms with van der Waals surface area (Å²) < 4.78 is 34.6. The number of aryl methyl sites for hydroxylation is 1. The minimum atomic E-state index is -4.02. The summed E-state index contributed by atoms with van der Waals surface area (Å²) >= 11 is 0. The molecule has 2 rings (SSSR count). The minimum Gasteiger partial charge on any atom is -0.445 e. The van der Waals surface area contributed by atoms with E-state index >= 15 is 0 Å². The molecule has 0 saturated carbocycles. The summed E-state index contributed by atoms with van der Waals surface area (Å²) in [6, 6.07) is 15.5. The summed E-state index contributed by atoms with van der Waals surface area (Å²) in [5, 5.41) is 2.57. The topological polar surface area (TPSA) is 119 Å². The number of hydrogen-bond acceptors (Lipinski definition) is 5. The summed E-state index contributed by atoms with van der Waals surface area (Å²) in [7, 11) is -4.02. The van der Waals surface area contributed by atoms with Gasteiger partial charge in [0.25, 0.3) is 10.1 Å². The van der Waals surface area contributed by atoms with Crippen LogP contribution in [-0.2, 0) is 21.5 Å². The van der Waals surface area contributed by atoms with Crippen molar-refractivity contribution in [2.45, 2.75) is 44.4 Å². The highest BCUT2D eigenvalue weighted by molar-refractivity contribution is 7.85. The Labute approximate surface area is 160 Å². The van der Waals surface area contributed by atoms with Crippen LogP contribution in [0.4, 0.5) is 4.79 Å². The zero-order valence-electron chi connectivity index (χ0n) is 15.5. The second-order valence-corrected chi connectivity index (χ2v) is 7.31. The van der Waals surface area contributed by atoms with Gasteiger partial charge in [-0.25, -0.2) is 4.79 Å². The van der Waals surface area contributed by atoms with Crippen LogP contribution in [0, 0.1) is 6.92 Å². The Hall–Kier alpha value is -2.42. The molecule has 0 radical (unpaired) electrons. The van der Waals surface area contributed by atoms with Crippen LogP contribution in [0.3, 0.4) is 0 Å². The van der Waals surface area contributed by atoms with Crippen LogP contribution in [0.15, 0.2) is 59.5 Å². The number of carbonyl (C=O) groups excluding carboxylic acids is 1. The summed E-state index contributed by atoms with van der Waals surface area (Å²) in [6.45, 7) is 4.12. The van der Waals surface area contributed by atoms with Crippen molar-refractivity contribution in [3.05, 3.63) is 65.7 Å². The van der Waals surface area contributed by atoms with Gasteiger partial charge in [-0.15, -0.1) is 0 Å². The lowest BCUT2D eigenvalue weighted by atomic mass is 10.2. The summed E-state index contributed by atoms with van der Waals surface area (Å²) in [6.07, 6.45) is 0.888. The van der Waals surface area contributed by atoms with Gasteiger partial charge >= 0.3 is 6.09 Å². The highest BCUT2D eigenvalue weighted by Crippen LogP contribution is 2.08. The smallest absolute Gasteiger partial charge is 0.408 e. The number of nitrogens with one attached hydrogen (secondary N) is 1. The molecule has 0 bridgehead atoms. The van der Waals surface area contributed by atoms with E-state index < -0.39 is 16.2 Å². The van der Waals surface area contributed by atoms with Crippen LogP contribution in [0.1, 0.15) is 30.9 Å². The molecule has 0 aliphatic carbocycles. The second kappa shape index (κ2) is 11.3. The standard InChI is InChI=1S/C12H18N2O2.C7H8O3S/c1-2-6-11(13)14-12(15)16-9-10-7-4-3-5-8-10;1-6-2-4-7(5-3-6)11(8,9)10/h3-5,7-8,11H,2,6,9,13H2,1H3,(H,14,15);2-5H,1H3,(H,8,9,10). The van der Waals surface area contributed by atoms with Crippen LogP contribution in [0.5, 0.6) is 0 Å². The fourth-order valence-corrected chi connectivity index (χ4v) is 2.49. The number of alkyl carbamates (subject to hydrolysis) is 1. The van der Waals surface area contributed by atoms with Crippen molar-refractivity contribution >= 4 is 16.2 Å². The van der Waals surface area contributed by atoms with Crippen molar-refractivity contribution < 1.29 is 22.5 Å². The molecule has 0 aliphatic heterocycles. The number of carbonyl (C=O) groups is 1. The van der Waals surface area contributed by atoms with Gasteiger partial charge in [0.1, 0.15) is 6.61 Å². The van der Waals surface area contributed by atoms with Gasteiger partial charge in [-0.3, -0.25) is 4.55 Å². The first-order valence-electron chi connectivity index (χ1n) is 8.49. The van der Waals surface area contributed by atoms with Gasteiger partial charge in [-0.1, -0.05) is 61.4 Å². The molecule has 1 amide bonds. The SMILES string of the molecule is CCCC(N)NC(=O)OCc1ccccc1.Cc1ccc(S(=O)(=O)O)cc1. The highest BCUT2D eigenvalue weighted by Gasteiger charge is 2.07. The number of amides is 1. The third-order valence-electron chi connectivity index (χ3n) is 3.43. The number of hydrogen-bond donors (Lipinski definition) is 3. The molecule has 0 saturated heterocycles. The van der Waals surface area contributed by atoms with E-state index in [1.54, 1.807) is 12.1 Å². The molecule has 4 N–H and O–H groups in total. The maximum atomic E-state index is 11.3. The molecular weight excluding hydrogens is 368 g/mol. The predicted octanol–water partition coefficient (Wildman–Crippen LogP) is 3.24. The number of rotatable bonds is 6. The lowest BCUT2D eigenvalue weighted by Gasteiger charge is -2.12. The Morgan fingerprint density at radius 3 is 2.26 bits per heavy atom. The van der Waals surface area contributed by atoms with Crippen LogP contribution in [0.25, 0.3) is 0 Å². The molecule has 0 spiro atoms. The fourth-order valence-electron chi connectivity index (χ4n) is 2.01. The van der Waals surface area contributed by atoms with Crippen molar-refractivity contribution in [2.24, 2.45) is 5.73 Å². The van der Waals surface area contributed by atoms with E-state index in [1.807, 2.05) is 44.2 Å². The van der Waals surface area contributed by atoms with Crippen molar-refractivity contribution in [3.63, 3.8) is 0 Å². The molecule has 1 unspecified atom stereocenters. The Kier molecular flexibility index (Phi) is 9.49. The predicted molar refractivity (Wildman–Crippen MR) is 104 cm³/mol. The summed E-state index contributed by atoms with van der Waals surface area (Å²) in [5.74, 6) is 0. The van der Waals surface area contributed by atoms with E-state index in [0.29, 0.717) is 0 Å². The van der Waals surface area contributed by atoms with E-state index in [9.17, 15) is 13.2 Å². The number of benzene rings is 2.